The molecule has 0 saturated heterocycles. The molecule has 1 aromatic heterocycles. The van der Waals surface area contributed by atoms with Gasteiger partial charge in [-0.3, -0.25) is 0 Å². The van der Waals surface area contributed by atoms with Crippen molar-refractivity contribution >= 4 is 21.4 Å². The van der Waals surface area contributed by atoms with Crippen LogP contribution in [0.1, 0.15) is 32.2 Å². The number of aromatic nitrogens is 2. The molecule has 6 heteroatoms. The Labute approximate surface area is 129 Å². The zero-order valence-corrected chi connectivity index (χ0v) is 14.0. The molecule has 0 unspecified atom stereocenters. The van der Waals surface area contributed by atoms with E-state index in [2.05, 4.69) is 21.2 Å². The van der Waals surface area contributed by atoms with Gasteiger partial charge >= 0.3 is 0 Å². The Balaban J connectivity index is 2.36. The van der Waals surface area contributed by atoms with E-state index in [9.17, 15) is 8.42 Å². The SMILES string of the molecule is Cc1ccc(S(=O)(=O)c2nc(C#CC(C)(C)C)ns2)cc1. The van der Waals surface area contributed by atoms with Gasteiger partial charge < -0.3 is 0 Å². The maximum Gasteiger partial charge on any atom is 0.235 e. The third-order valence-corrected chi connectivity index (χ3v) is 5.36. The average Bonchev–Trinajstić information content (AvgIpc) is 2.85. The smallest absolute Gasteiger partial charge is 0.216 e. The van der Waals surface area contributed by atoms with Crippen molar-refractivity contribution < 1.29 is 8.42 Å². The first-order valence-corrected chi connectivity index (χ1v) is 8.63. The van der Waals surface area contributed by atoms with Crippen molar-refractivity contribution in [2.24, 2.45) is 5.41 Å². The van der Waals surface area contributed by atoms with E-state index in [1.807, 2.05) is 27.7 Å². The van der Waals surface area contributed by atoms with Gasteiger partial charge in [-0.05, 0) is 57.3 Å². The largest absolute Gasteiger partial charge is 0.235 e. The molecule has 0 amide bonds. The highest BCUT2D eigenvalue weighted by molar-refractivity contribution is 7.93. The molecule has 110 valence electrons. The first kappa shape index (κ1) is 15.7. The van der Waals surface area contributed by atoms with Crippen LogP contribution in [-0.4, -0.2) is 17.8 Å². The highest BCUT2D eigenvalue weighted by Crippen LogP contribution is 2.22. The van der Waals surface area contributed by atoms with E-state index >= 15 is 0 Å². The second kappa shape index (κ2) is 5.58. The van der Waals surface area contributed by atoms with Gasteiger partial charge in [0.05, 0.1) is 4.90 Å². The summed E-state index contributed by atoms with van der Waals surface area (Å²) >= 11 is 0.855. The first-order chi connectivity index (χ1) is 9.68. The molecule has 2 rings (SSSR count). The van der Waals surface area contributed by atoms with E-state index in [0.29, 0.717) is 0 Å². The zero-order valence-electron chi connectivity index (χ0n) is 12.3. The van der Waals surface area contributed by atoms with Crippen LogP contribution in [0.25, 0.3) is 0 Å². The lowest BCUT2D eigenvalue weighted by Crippen LogP contribution is -2.02. The van der Waals surface area contributed by atoms with E-state index in [1.54, 1.807) is 24.3 Å². The second-order valence-electron chi connectivity index (χ2n) is 5.70. The summed E-state index contributed by atoms with van der Waals surface area (Å²) in [5, 5.41) is 0. The third kappa shape index (κ3) is 3.90. The molecular weight excluding hydrogens is 304 g/mol. The van der Waals surface area contributed by atoms with Gasteiger partial charge in [-0.25, -0.2) is 8.42 Å². The molecule has 4 nitrogen and oxygen atoms in total. The normalized spacial score (nSPS) is 11.8. The van der Waals surface area contributed by atoms with Crippen LogP contribution in [0.4, 0.5) is 0 Å². The minimum atomic E-state index is -3.61. The number of benzene rings is 1. The maximum atomic E-state index is 12.4. The standard InChI is InChI=1S/C15H16N2O2S2/c1-11-5-7-12(8-6-11)21(18,19)14-16-13(17-20-14)9-10-15(2,3)4/h5-8H,1-4H3. The molecule has 21 heavy (non-hydrogen) atoms. The van der Waals surface area contributed by atoms with Crippen LogP contribution in [0.15, 0.2) is 33.5 Å². The third-order valence-electron chi connectivity index (χ3n) is 2.52. The van der Waals surface area contributed by atoms with E-state index in [-0.39, 0.29) is 20.5 Å². The maximum absolute atomic E-state index is 12.4. The topological polar surface area (TPSA) is 59.9 Å². The van der Waals surface area contributed by atoms with Crippen LogP contribution in [0.3, 0.4) is 0 Å². The minimum absolute atomic E-state index is 0.0236. The summed E-state index contributed by atoms with van der Waals surface area (Å²) in [6.45, 7) is 7.81. The van der Waals surface area contributed by atoms with Crippen LogP contribution in [0, 0.1) is 24.2 Å². The molecule has 0 aliphatic rings. The Morgan fingerprint density at radius 2 is 1.76 bits per heavy atom. The predicted octanol–water partition coefficient (Wildman–Crippen LogP) is 3.08. The fraction of sp³-hybridized carbons (Fsp3) is 0.333. The number of sulfone groups is 1. The van der Waals surface area contributed by atoms with Gasteiger partial charge in [0, 0.05) is 5.41 Å². The Kier molecular flexibility index (Phi) is 4.17. The van der Waals surface area contributed by atoms with Gasteiger partial charge in [-0.15, -0.1) is 0 Å². The lowest BCUT2D eigenvalue weighted by Gasteiger charge is -2.05. The van der Waals surface area contributed by atoms with Crippen molar-refractivity contribution in [2.45, 2.75) is 36.9 Å². The Morgan fingerprint density at radius 3 is 2.33 bits per heavy atom. The predicted molar refractivity (Wildman–Crippen MR) is 82.9 cm³/mol. The van der Waals surface area contributed by atoms with Gasteiger partial charge in [-0.2, -0.15) is 9.36 Å². The number of hydrogen-bond acceptors (Lipinski definition) is 5. The lowest BCUT2D eigenvalue weighted by atomic mass is 9.98. The fourth-order valence-corrected chi connectivity index (χ4v) is 3.51. The first-order valence-electron chi connectivity index (χ1n) is 6.37. The van der Waals surface area contributed by atoms with Crippen LogP contribution < -0.4 is 0 Å². The van der Waals surface area contributed by atoms with Gasteiger partial charge in [-0.1, -0.05) is 23.6 Å². The summed E-state index contributed by atoms with van der Waals surface area (Å²) in [5.41, 5.74) is 0.823. The van der Waals surface area contributed by atoms with Crippen molar-refractivity contribution in [2.75, 3.05) is 0 Å². The van der Waals surface area contributed by atoms with Gasteiger partial charge in [0.1, 0.15) is 0 Å². The number of nitrogens with zero attached hydrogens (tertiary/aromatic N) is 2. The highest BCUT2D eigenvalue weighted by Gasteiger charge is 2.22. The molecule has 1 heterocycles. The Bertz CT molecular complexity index is 802. The van der Waals surface area contributed by atoms with E-state index in [4.69, 9.17) is 0 Å². The summed E-state index contributed by atoms with van der Waals surface area (Å²) < 4.78 is 28.8. The quantitative estimate of drug-likeness (QED) is 0.798. The number of hydrogen-bond donors (Lipinski definition) is 0. The van der Waals surface area contributed by atoms with Crippen molar-refractivity contribution in [3.8, 4) is 11.8 Å². The minimum Gasteiger partial charge on any atom is -0.216 e. The van der Waals surface area contributed by atoms with Crippen LogP contribution in [0.5, 0.6) is 0 Å². The summed E-state index contributed by atoms with van der Waals surface area (Å²) in [6.07, 6.45) is 0. The summed E-state index contributed by atoms with van der Waals surface area (Å²) in [6, 6.07) is 6.67. The molecule has 0 fully saturated rings. The number of rotatable bonds is 2. The molecular formula is C15H16N2O2S2. The summed E-state index contributed by atoms with van der Waals surface area (Å²) in [5.74, 6) is 6.05. The molecule has 0 saturated carbocycles. The second-order valence-corrected chi connectivity index (χ2v) is 8.58. The molecule has 0 atom stereocenters. The molecule has 0 radical (unpaired) electrons. The summed E-state index contributed by atoms with van der Waals surface area (Å²) in [7, 11) is -3.61. The van der Waals surface area contributed by atoms with Crippen molar-refractivity contribution in [3.05, 3.63) is 35.7 Å². The van der Waals surface area contributed by atoms with Crippen molar-refractivity contribution in [3.63, 3.8) is 0 Å². The van der Waals surface area contributed by atoms with Crippen LogP contribution >= 0.6 is 11.5 Å². The monoisotopic (exact) mass is 320 g/mol. The van der Waals surface area contributed by atoms with E-state index in [1.165, 1.54) is 0 Å². The summed E-state index contributed by atoms with van der Waals surface area (Å²) in [4.78, 5) is 4.25. The molecule has 0 bridgehead atoms. The Morgan fingerprint density at radius 1 is 1.14 bits per heavy atom. The van der Waals surface area contributed by atoms with Gasteiger partial charge in [0.15, 0.2) is 0 Å². The van der Waals surface area contributed by atoms with Crippen molar-refractivity contribution in [1.29, 1.82) is 0 Å². The molecule has 2 aromatic rings. The average molecular weight is 320 g/mol. The van der Waals surface area contributed by atoms with Crippen LogP contribution in [-0.2, 0) is 9.84 Å². The van der Waals surface area contributed by atoms with Crippen LogP contribution in [0.2, 0.25) is 0 Å². The molecule has 0 aliphatic heterocycles. The molecule has 0 aliphatic carbocycles. The van der Waals surface area contributed by atoms with E-state index < -0.39 is 9.84 Å². The number of aryl methyl sites for hydroxylation is 1. The van der Waals surface area contributed by atoms with Gasteiger partial charge in [0.2, 0.25) is 20.0 Å². The molecule has 0 N–H and O–H groups in total. The van der Waals surface area contributed by atoms with E-state index in [0.717, 1.165) is 17.1 Å². The lowest BCUT2D eigenvalue weighted by molar-refractivity contribution is 0.571. The molecule has 1 aromatic carbocycles. The fourth-order valence-electron chi connectivity index (χ4n) is 1.43. The molecule has 0 spiro atoms. The van der Waals surface area contributed by atoms with Gasteiger partial charge in [0.25, 0.3) is 0 Å². The van der Waals surface area contributed by atoms with Crippen molar-refractivity contribution in [1.82, 2.24) is 9.36 Å². The Hall–Kier alpha value is -1.71. The highest BCUT2D eigenvalue weighted by atomic mass is 32.2. The zero-order chi connectivity index (χ0) is 15.7.